The number of nitrogens with zero attached hydrogens (tertiary/aromatic N) is 1. The first kappa shape index (κ1) is 11.2. The van der Waals surface area contributed by atoms with E-state index in [1.807, 2.05) is 0 Å². The van der Waals surface area contributed by atoms with Gasteiger partial charge in [-0.15, -0.1) is 0 Å². The van der Waals surface area contributed by atoms with Gasteiger partial charge >= 0.3 is 0 Å². The molecule has 92 valence electrons. The second kappa shape index (κ2) is 4.79. The lowest BCUT2D eigenvalue weighted by Gasteiger charge is -2.41. The molecule has 1 saturated heterocycles. The zero-order valence-electron chi connectivity index (χ0n) is 10.4. The molecule has 1 aromatic carbocycles. The fourth-order valence-electron chi connectivity index (χ4n) is 3.44. The number of hydrogen-bond donors (Lipinski definition) is 1. The van der Waals surface area contributed by atoms with E-state index in [0.717, 1.165) is 0 Å². The molecule has 1 heterocycles. The first-order valence-electron chi connectivity index (χ1n) is 6.94. The van der Waals surface area contributed by atoms with Gasteiger partial charge in [0.15, 0.2) is 0 Å². The SMILES string of the molecule is NC1c2ccccc2CCC1N1CCCCC1. The van der Waals surface area contributed by atoms with Gasteiger partial charge in [-0.25, -0.2) is 0 Å². The molecule has 2 heteroatoms. The number of likely N-dealkylation sites (tertiary alicyclic amines) is 1. The van der Waals surface area contributed by atoms with Crippen LogP contribution in [0.25, 0.3) is 0 Å². The summed E-state index contributed by atoms with van der Waals surface area (Å²) < 4.78 is 0. The highest BCUT2D eigenvalue weighted by atomic mass is 15.2. The summed E-state index contributed by atoms with van der Waals surface area (Å²) in [6.45, 7) is 2.50. The van der Waals surface area contributed by atoms with E-state index in [1.54, 1.807) is 0 Å². The molecule has 2 aliphatic rings. The van der Waals surface area contributed by atoms with Crippen molar-refractivity contribution in [2.24, 2.45) is 5.73 Å². The van der Waals surface area contributed by atoms with Gasteiger partial charge in [-0.05, 0) is 49.9 Å². The minimum absolute atomic E-state index is 0.220. The van der Waals surface area contributed by atoms with Crippen LogP contribution in [0.3, 0.4) is 0 Å². The average molecular weight is 230 g/mol. The van der Waals surface area contributed by atoms with Crippen LogP contribution in [0.4, 0.5) is 0 Å². The van der Waals surface area contributed by atoms with Crippen LogP contribution in [0.15, 0.2) is 24.3 Å². The molecular formula is C15H22N2. The summed E-state index contributed by atoms with van der Waals surface area (Å²) in [7, 11) is 0. The maximum Gasteiger partial charge on any atom is 0.0455 e. The minimum Gasteiger partial charge on any atom is -0.323 e. The van der Waals surface area contributed by atoms with Gasteiger partial charge in [0.2, 0.25) is 0 Å². The van der Waals surface area contributed by atoms with Crippen LogP contribution in [0.2, 0.25) is 0 Å². The first-order valence-corrected chi connectivity index (χ1v) is 6.94. The monoisotopic (exact) mass is 230 g/mol. The normalized spacial score (nSPS) is 29.9. The van der Waals surface area contributed by atoms with Crippen molar-refractivity contribution in [3.63, 3.8) is 0 Å². The number of hydrogen-bond acceptors (Lipinski definition) is 2. The van der Waals surface area contributed by atoms with Crippen molar-refractivity contribution in [1.29, 1.82) is 0 Å². The van der Waals surface area contributed by atoms with Gasteiger partial charge < -0.3 is 5.73 Å². The summed E-state index contributed by atoms with van der Waals surface area (Å²) in [6, 6.07) is 9.50. The summed E-state index contributed by atoms with van der Waals surface area (Å²) >= 11 is 0. The number of aryl methyl sites for hydroxylation is 1. The van der Waals surface area contributed by atoms with E-state index in [4.69, 9.17) is 5.73 Å². The first-order chi connectivity index (χ1) is 8.36. The Morgan fingerprint density at radius 2 is 1.82 bits per heavy atom. The molecule has 1 fully saturated rings. The van der Waals surface area contributed by atoms with Gasteiger partial charge in [-0.1, -0.05) is 30.7 Å². The number of benzene rings is 1. The third-order valence-electron chi connectivity index (χ3n) is 4.40. The molecular weight excluding hydrogens is 208 g/mol. The third-order valence-corrected chi connectivity index (χ3v) is 4.40. The van der Waals surface area contributed by atoms with E-state index in [1.165, 1.54) is 56.3 Å². The largest absolute Gasteiger partial charge is 0.323 e. The molecule has 2 atom stereocenters. The van der Waals surface area contributed by atoms with E-state index < -0.39 is 0 Å². The number of rotatable bonds is 1. The number of nitrogens with two attached hydrogens (primary N) is 1. The van der Waals surface area contributed by atoms with Gasteiger partial charge in [-0.2, -0.15) is 0 Å². The molecule has 2 N–H and O–H groups in total. The van der Waals surface area contributed by atoms with Crippen LogP contribution in [-0.4, -0.2) is 24.0 Å². The zero-order chi connectivity index (χ0) is 11.7. The van der Waals surface area contributed by atoms with Crippen molar-refractivity contribution in [3.05, 3.63) is 35.4 Å². The van der Waals surface area contributed by atoms with Crippen LogP contribution in [0.5, 0.6) is 0 Å². The average Bonchev–Trinajstić information content (AvgIpc) is 2.40. The Hall–Kier alpha value is -0.860. The molecule has 2 unspecified atom stereocenters. The zero-order valence-corrected chi connectivity index (χ0v) is 10.4. The van der Waals surface area contributed by atoms with Crippen LogP contribution in [0, 0.1) is 0 Å². The van der Waals surface area contributed by atoms with Crippen molar-refractivity contribution >= 4 is 0 Å². The lowest BCUT2D eigenvalue weighted by molar-refractivity contribution is 0.129. The Balaban J connectivity index is 1.81. The molecule has 3 rings (SSSR count). The van der Waals surface area contributed by atoms with E-state index in [9.17, 15) is 0 Å². The van der Waals surface area contributed by atoms with Crippen molar-refractivity contribution in [3.8, 4) is 0 Å². The van der Waals surface area contributed by atoms with Crippen molar-refractivity contribution in [2.45, 2.75) is 44.2 Å². The molecule has 17 heavy (non-hydrogen) atoms. The molecule has 0 aromatic heterocycles. The molecule has 0 radical (unpaired) electrons. The summed E-state index contributed by atoms with van der Waals surface area (Å²) in [4.78, 5) is 2.63. The maximum absolute atomic E-state index is 6.48. The van der Waals surface area contributed by atoms with E-state index in [2.05, 4.69) is 29.2 Å². The Kier molecular flexibility index (Phi) is 3.17. The maximum atomic E-state index is 6.48. The molecule has 1 aliphatic heterocycles. The summed E-state index contributed by atoms with van der Waals surface area (Å²) in [5.41, 5.74) is 9.33. The summed E-state index contributed by atoms with van der Waals surface area (Å²) in [6.07, 6.45) is 6.54. The molecule has 0 spiro atoms. The molecule has 1 aromatic rings. The van der Waals surface area contributed by atoms with Gasteiger partial charge in [0, 0.05) is 12.1 Å². The molecule has 0 saturated carbocycles. The van der Waals surface area contributed by atoms with Gasteiger partial charge in [0.05, 0.1) is 0 Å². The quantitative estimate of drug-likeness (QED) is 0.803. The van der Waals surface area contributed by atoms with Crippen LogP contribution in [0.1, 0.15) is 42.9 Å². The predicted octanol–water partition coefficient (Wildman–Crippen LogP) is 2.49. The lowest BCUT2D eigenvalue weighted by atomic mass is 9.83. The van der Waals surface area contributed by atoms with Gasteiger partial charge in [0.25, 0.3) is 0 Å². The van der Waals surface area contributed by atoms with E-state index >= 15 is 0 Å². The van der Waals surface area contributed by atoms with Crippen LogP contribution in [-0.2, 0) is 6.42 Å². The molecule has 2 nitrogen and oxygen atoms in total. The van der Waals surface area contributed by atoms with E-state index in [-0.39, 0.29) is 6.04 Å². The molecule has 0 amide bonds. The third kappa shape index (κ3) is 2.12. The van der Waals surface area contributed by atoms with Crippen molar-refractivity contribution in [2.75, 3.05) is 13.1 Å². The van der Waals surface area contributed by atoms with E-state index in [0.29, 0.717) is 6.04 Å². The Morgan fingerprint density at radius 1 is 1.06 bits per heavy atom. The smallest absolute Gasteiger partial charge is 0.0455 e. The van der Waals surface area contributed by atoms with Crippen LogP contribution < -0.4 is 5.73 Å². The van der Waals surface area contributed by atoms with Gasteiger partial charge in [0.1, 0.15) is 0 Å². The molecule has 1 aliphatic carbocycles. The second-order valence-electron chi connectivity index (χ2n) is 5.43. The summed E-state index contributed by atoms with van der Waals surface area (Å²) in [5.74, 6) is 0. The highest BCUT2D eigenvalue weighted by molar-refractivity contribution is 5.33. The second-order valence-corrected chi connectivity index (χ2v) is 5.43. The summed E-state index contributed by atoms with van der Waals surface area (Å²) in [5, 5.41) is 0. The highest BCUT2D eigenvalue weighted by Crippen LogP contribution is 2.32. The Bertz CT molecular complexity index is 382. The van der Waals surface area contributed by atoms with Crippen molar-refractivity contribution in [1.82, 2.24) is 4.90 Å². The Morgan fingerprint density at radius 3 is 2.65 bits per heavy atom. The minimum atomic E-state index is 0.220. The number of piperidine rings is 1. The lowest BCUT2D eigenvalue weighted by Crippen LogP contribution is -2.47. The predicted molar refractivity (Wildman–Crippen MR) is 70.9 cm³/mol. The van der Waals surface area contributed by atoms with Crippen LogP contribution >= 0.6 is 0 Å². The fourth-order valence-corrected chi connectivity index (χ4v) is 3.44. The fraction of sp³-hybridized carbons (Fsp3) is 0.600. The topological polar surface area (TPSA) is 29.3 Å². The molecule has 0 bridgehead atoms. The Labute approximate surface area is 104 Å². The number of fused-ring (bicyclic) bond motifs is 1. The van der Waals surface area contributed by atoms with Crippen molar-refractivity contribution < 1.29 is 0 Å². The standard InChI is InChI=1S/C15H22N2/c16-15-13-7-3-2-6-12(13)8-9-14(15)17-10-4-1-5-11-17/h2-3,6-7,14-15H,1,4-5,8-11,16H2. The van der Waals surface area contributed by atoms with Gasteiger partial charge in [-0.3, -0.25) is 4.90 Å². The highest BCUT2D eigenvalue weighted by Gasteiger charge is 2.31.